The summed E-state index contributed by atoms with van der Waals surface area (Å²) < 4.78 is 32.7. The number of methoxy groups -OCH3 is 1. The van der Waals surface area contributed by atoms with Crippen molar-refractivity contribution in [3.8, 4) is 5.75 Å². The SMILES string of the molecule is COc1ccc(Cl)cc1CN(C)C(=O)CCNS(=O)(=O)c1ccc(C)cc1C. The van der Waals surface area contributed by atoms with Crippen LogP contribution in [0.1, 0.15) is 23.1 Å². The predicted octanol–water partition coefficient (Wildman–Crippen LogP) is 3.29. The predicted molar refractivity (Wildman–Crippen MR) is 110 cm³/mol. The standard InChI is InChI=1S/C20H25ClN2O4S/c1-14-5-8-19(15(2)11-14)28(25,26)22-10-9-20(24)23(3)13-16-12-17(21)6-7-18(16)27-4/h5-8,11-12,22H,9-10,13H2,1-4H3. The average Bonchev–Trinajstić information content (AvgIpc) is 2.61. The number of nitrogens with one attached hydrogen (secondary N) is 1. The Balaban J connectivity index is 1.95. The number of aryl methyl sites for hydroxylation is 2. The van der Waals surface area contributed by atoms with E-state index in [0.29, 0.717) is 22.9 Å². The van der Waals surface area contributed by atoms with Crippen LogP contribution in [-0.4, -0.2) is 39.9 Å². The van der Waals surface area contributed by atoms with Crippen molar-refractivity contribution < 1.29 is 17.9 Å². The molecule has 0 aliphatic carbocycles. The second-order valence-corrected chi connectivity index (χ2v) is 8.79. The molecule has 0 bridgehead atoms. The van der Waals surface area contributed by atoms with Crippen LogP contribution in [0.25, 0.3) is 0 Å². The first-order valence-corrected chi connectivity index (χ1v) is 10.6. The summed E-state index contributed by atoms with van der Waals surface area (Å²) in [6.45, 7) is 3.98. The molecule has 0 aliphatic rings. The molecule has 0 heterocycles. The lowest BCUT2D eigenvalue weighted by Crippen LogP contribution is -2.32. The van der Waals surface area contributed by atoms with Crippen molar-refractivity contribution in [1.29, 1.82) is 0 Å². The molecule has 0 radical (unpaired) electrons. The summed E-state index contributed by atoms with van der Waals surface area (Å²) in [6.07, 6.45) is 0.0452. The lowest BCUT2D eigenvalue weighted by Gasteiger charge is -2.19. The van der Waals surface area contributed by atoms with Crippen LogP contribution in [0, 0.1) is 13.8 Å². The number of carbonyl (C=O) groups excluding carboxylic acids is 1. The van der Waals surface area contributed by atoms with Crippen molar-refractivity contribution in [2.45, 2.75) is 31.7 Å². The molecule has 2 rings (SSSR count). The maximum Gasteiger partial charge on any atom is 0.240 e. The molecular weight excluding hydrogens is 400 g/mol. The topological polar surface area (TPSA) is 75.7 Å². The van der Waals surface area contributed by atoms with Gasteiger partial charge in [0.1, 0.15) is 5.75 Å². The Morgan fingerprint density at radius 3 is 2.54 bits per heavy atom. The van der Waals surface area contributed by atoms with Crippen molar-refractivity contribution in [3.05, 3.63) is 58.1 Å². The van der Waals surface area contributed by atoms with Crippen LogP contribution in [-0.2, 0) is 21.4 Å². The van der Waals surface area contributed by atoms with E-state index >= 15 is 0 Å². The lowest BCUT2D eigenvalue weighted by atomic mass is 10.2. The van der Waals surface area contributed by atoms with Crippen LogP contribution < -0.4 is 9.46 Å². The summed E-state index contributed by atoms with van der Waals surface area (Å²) in [5, 5.41) is 0.554. The van der Waals surface area contributed by atoms with E-state index in [9.17, 15) is 13.2 Å². The third-order valence-electron chi connectivity index (χ3n) is 4.33. The minimum absolute atomic E-state index is 0.0193. The number of carbonyl (C=O) groups is 1. The molecule has 152 valence electrons. The van der Waals surface area contributed by atoms with Crippen LogP contribution in [0.15, 0.2) is 41.3 Å². The molecule has 1 amide bonds. The fourth-order valence-electron chi connectivity index (χ4n) is 2.88. The lowest BCUT2D eigenvalue weighted by molar-refractivity contribution is -0.130. The van der Waals surface area contributed by atoms with Gasteiger partial charge in [0.25, 0.3) is 0 Å². The number of ether oxygens (including phenoxy) is 1. The zero-order chi connectivity index (χ0) is 20.9. The monoisotopic (exact) mass is 424 g/mol. The van der Waals surface area contributed by atoms with Crippen molar-refractivity contribution in [2.24, 2.45) is 0 Å². The second kappa shape index (κ2) is 9.41. The molecule has 2 aromatic carbocycles. The van der Waals surface area contributed by atoms with E-state index in [2.05, 4.69) is 4.72 Å². The highest BCUT2D eigenvalue weighted by Crippen LogP contribution is 2.24. The Morgan fingerprint density at radius 2 is 1.89 bits per heavy atom. The Morgan fingerprint density at radius 1 is 1.18 bits per heavy atom. The van der Waals surface area contributed by atoms with Crippen molar-refractivity contribution in [1.82, 2.24) is 9.62 Å². The third-order valence-corrected chi connectivity index (χ3v) is 6.18. The highest BCUT2D eigenvalue weighted by molar-refractivity contribution is 7.89. The van der Waals surface area contributed by atoms with Gasteiger partial charge in [0.2, 0.25) is 15.9 Å². The van der Waals surface area contributed by atoms with E-state index in [-0.39, 0.29) is 23.8 Å². The Bertz CT molecular complexity index is 961. The van der Waals surface area contributed by atoms with Crippen molar-refractivity contribution in [2.75, 3.05) is 20.7 Å². The minimum atomic E-state index is -3.66. The van der Waals surface area contributed by atoms with E-state index < -0.39 is 10.0 Å². The van der Waals surface area contributed by atoms with Crippen LogP contribution in [0.4, 0.5) is 0 Å². The van der Waals surface area contributed by atoms with Gasteiger partial charge in [-0.05, 0) is 43.7 Å². The molecule has 2 aromatic rings. The van der Waals surface area contributed by atoms with Gasteiger partial charge in [-0.15, -0.1) is 0 Å². The number of amides is 1. The van der Waals surface area contributed by atoms with Gasteiger partial charge in [-0.25, -0.2) is 13.1 Å². The highest BCUT2D eigenvalue weighted by Gasteiger charge is 2.18. The minimum Gasteiger partial charge on any atom is -0.496 e. The Labute approximate surface area is 171 Å². The maximum absolute atomic E-state index is 12.5. The first kappa shape index (κ1) is 22.2. The van der Waals surface area contributed by atoms with E-state index in [0.717, 1.165) is 11.1 Å². The number of rotatable bonds is 8. The molecule has 8 heteroatoms. The van der Waals surface area contributed by atoms with Crippen LogP contribution in [0.3, 0.4) is 0 Å². The van der Waals surface area contributed by atoms with E-state index in [1.165, 1.54) is 4.90 Å². The van der Waals surface area contributed by atoms with Crippen molar-refractivity contribution in [3.63, 3.8) is 0 Å². The normalized spacial score (nSPS) is 11.3. The summed E-state index contributed by atoms with van der Waals surface area (Å²) in [7, 11) is -0.456. The van der Waals surface area contributed by atoms with Gasteiger partial charge in [0, 0.05) is 37.1 Å². The number of halogens is 1. The van der Waals surface area contributed by atoms with Crippen molar-refractivity contribution >= 4 is 27.5 Å². The Hall–Kier alpha value is -2.09. The molecule has 0 saturated heterocycles. The second-order valence-electron chi connectivity index (χ2n) is 6.62. The third kappa shape index (κ3) is 5.70. The summed E-state index contributed by atoms with van der Waals surface area (Å²) in [4.78, 5) is 14.1. The first-order chi connectivity index (χ1) is 13.1. The fraction of sp³-hybridized carbons (Fsp3) is 0.350. The van der Waals surface area contributed by atoms with Gasteiger partial charge >= 0.3 is 0 Å². The fourth-order valence-corrected chi connectivity index (χ4v) is 4.33. The summed E-state index contributed by atoms with van der Waals surface area (Å²) in [5.74, 6) is 0.449. The molecule has 0 unspecified atom stereocenters. The van der Waals surface area contributed by atoms with E-state index in [1.807, 2.05) is 13.0 Å². The van der Waals surface area contributed by atoms with E-state index in [4.69, 9.17) is 16.3 Å². The number of sulfonamides is 1. The van der Waals surface area contributed by atoms with Gasteiger partial charge in [-0.2, -0.15) is 0 Å². The maximum atomic E-state index is 12.5. The summed E-state index contributed by atoms with van der Waals surface area (Å²) in [6, 6.07) is 10.3. The molecule has 1 N–H and O–H groups in total. The van der Waals surface area contributed by atoms with Gasteiger partial charge in [0.15, 0.2) is 0 Å². The zero-order valence-electron chi connectivity index (χ0n) is 16.5. The average molecular weight is 425 g/mol. The molecule has 0 saturated carbocycles. The molecule has 0 spiro atoms. The molecule has 0 aromatic heterocycles. The largest absolute Gasteiger partial charge is 0.496 e. The van der Waals surface area contributed by atoms with Gasteiger partial charge < -0.3 is 9.64 Å². The molecule has 0 fully saturated rings. The number of nitrogens with zero attached hydrogens (tertiary/aromatic N) is 1. The van der Waals surface area contributed by atoms with Gasteiger partial charge in [0.05, 0.1) is 12.0 Å². The summed E-state index contributed by atoms with van der Waals surface area (Å²) >= 11 is 6.02. The molecule has 28 heavy (non-hydrogen) atoms. The molecular formula is C20H25ClN2O4S. The number of hydrogen-bond acceptors (Lipinski definition) is 4. The smallest absolute Gasteiger partial charge is 0.240 e. The van der Waals surface area contributed by atoms with Crippen LogP contribution >= 0.6 is 11.6 Å². The van der Waals surface area contributed by atoms with Crippen LogP contribution in [0.5, 0.6) is 5.75 Å². The molecule has 0 atom stereocenters. The zero-order valence-corrected chi connectivity index (χ0v) is 18.0. The molecule has 6 nitrogen and oxygen atoms in total. The Kier molecular flexibility index (Phi) is 7.46. The van der Waals surface area contributed by atoms with E-state index in [1.54, 1.807) is 51.4 Å². The molecule has 0 aliphatic heterocycles. The number of hydrogen-bond donors (Lipinski definition) is 1. The highest BCUT2D eigenvalue weighted by atomic mass is 35.5. The first-order valence-electron chi connectivity index (χ1n) is 8.77. The van der Waals surface area contributed by atoms with Crippen LogP contribution in [0.2, 0.25) is 5.02 Å². The quantitative estimate of drug-likeness (QED) is 0.705. The van der Waals surface area contributed by atoms with Gasteiger partial charge in [-0.3, -0.25) is 4.79 Å². The summed E-state index contributed by atoms with van der Waals surface area (Å²) in [5.41, 5.74) is 2.44. The van der Waals surface area contributed by atoms with Gasteiger partial charge in [-0.1, -0.05) is 29.3 Å². The number of benzene rings is 2.